The second-order valence-electron chi connectivity index (χ2n) is 24.1. The summed E-state index contributed by atoms with van der Waals surface area (Å²) in [5, 5.41) is 84.0. The van der Waals surface area contributed by atoms with E-state index in [1.54, 1.807) is 205 Å². The highest BCUT2D eigenvalue weighted by molar-refractivity contribution is 6.82. The van der Waals surface area contributed by atoms with Gasteiger partial charge in [-0.1, -0.05) is 0 Å². The normalized spacial score (nSPS) is 23.4. The first kappa shape index (κ1) is 22.9. The van der Waals surface area contributed by atoms with Crippen molar-refractivity contribution >= 4 is 297 Å². The predicted molar refractivity (Wildman–Crippen MR) is 268 cm³/mol. The fraction of sp³-hybridized carbons (Fsp3) is 0.0484. The Morgan fingerprint density at radius 1 is 0.231 bits per heavy atom. The summed E-state index contributed by atoms with van der Waals surface area (Å²) in [5.74, 6) is 0. The van der Waals surface area contributed by atoms with Gasteiger partial charge in [0.05, 0.1) is 0 Å². The topological polar surface area (TPSA) is 29.5 Å². The van der Waals surface area contributed by atoms with Crippen molar-refractivity contribution < 1.29 is 9.53 Å². The van der Waals surface area contributed by atoms with Crippen LogP contribution < -0.4 is 0 Å². The lowest BCUT2D eigenvalue weighted by Gasteiger charge is -2.49. The molecule has 0 aromatic heterocycles. The molecule has 0 radical (unpaired) electrons. The van der Waals surface area contributed by atoms with E-state index in [4.69, 9.17) is 4.74 Å². The maximum Gasteiger partial charge on any atom is 0.412 e. The zero-order valence-corrected chi connectivity index (χ0v) is 32.8. The van der Waals surface area contributed by atoms with E-state index in [9.17, 15) is 0 Å². The van der Waals surface area contributed by atoms with Gasteiger partial charge in [0, 0.05) is 29.3 Å². The summed E-state index contributed by atoms with van der Waals surface area (Å²) in [6.07, 6.45) is -0.153. The minimum Gasteiger partial charge on any atom is -0.429 e. The van der Waals surface area contributed by atoms with Crippen LogP contribution in [-0.2, 0) is 15.9 Å². The Hall–Kier alpha value is -8.27. The molecule has 28 aromatic carbocycles. The summed E-state index contributed by atoms with van der Waals surface area (Å²) in [6, 6.07) is 0. The Balaban J connectivity index is 1.28. The number of ether oxygens (including phenoxy) is 1. The van der Waals surface area contributed by atoms with Gasteiger partial charge in [-0.05, 0) is 291 Å². The lowest BCUT2D eigenvalue weighted by Crippen LogP contribution is -2.55. The maximum absolute atomic E-state index is 15.6. The Kier molecular flexibility index (Phi) is 1.72. The Bertz CT molecular complexity index is 6880. The standard InChI is InChI=1S/C62H3NO2/c1-63-60(64)65-62-58-52-46-36-24-16-8-4-2-3-6-10(8)18(24)28-22-14(6)15-7(3)11-9-5(2)13-12(4)20-26(16)34-40-30(20)31-21(13)27-17(9)25-19(11)29-23(15)33-32(22)44(38(28)46)54(58)55-45(33)39(29)47-37(25)43-35(27)41(31)49-48(40)56(50(52)42(34)36)61(62,63)57(49)51(43)53(47)59(55)62/h1H3. The van der Waals surface area contributed by atoms with Crippen molar-refractivity contribution in [2.24, 2.45) is 0 Å². The molecule has 33 rings (SSSR count). The summed E-state index contributed by atoms with van der Waals surface area (Å²) in [4.78, 5) is 17.8. The molecule has 0 bridgehead atoms. The van der Waals surface area contributed by atoms with Gasteiger partial charge in [0.15, 0.2) is 5.60 Å². The van der Waals surface area contributed by atoms with Gasteiger partial charge in [-0.25, -0.2) is 4.79 Å². The minimum atomic E-state index is -0.982. The molecule has 0 saturated carbocycles. The number of rotatable bonds is 0. The molecule has 0 unspecified atom stereocenters. The molecule has 3 heteroatoms. The van der Waals surface area contributed by atoms with Crippen molar-refractivity contribution in [2.75, 3.05) is 7.05 Å². The molecule has 5 aliphatic rings. The summed E-state index contributed by atoms with van der Waals surface area (Å²) < 4.78 is 7.75. The van der Waals surface area contributed by atoms with Crippen LogP contribution in [0.3, 0.4) is 0 Å². The molecule has 65 heavy (non-hydrogen) atoms. The molecule has 28 aromatic rings. The predicted octanol–water partition coefficient (Wildman–Crippen LogP) is 16.3. The average Bonchev–Trinajstić information content (AvgIpc) is 4.15. The largest absolute Gasteiger partial charge is 0.429 e. The molecule has 1 amide bonds. The fourth-order valence-corrected chi connectivity index (χ4v) is 24.2. The van der Waals surface area contributed by atoms with E-state index in [-0.39, 0.29) is 6.09 Å². The summed E-state index contributed by atoms with van der Waals surface area (Å²) in [5.41, 5.74) is 3.80. The molecule has 0 atom stereocenters. The molecule has 1 fully saturated rings. The zero-order valence-electron chi connectivity index (χ0n) is 32.8. The van der Waals surface area contributed by atoms with Gasteiger partial charge in [-0.3, -0.25) is 4.90 Å². The summed E-state index contributed by atoms with van der Waals surface area (Å²) >= 11 is 0. The summed E-state index contributed by atoms with van der Waals surface area (Å²) in [7, 11) is 2.16. The molecule has 0 N–H and O–H groups in total. The van der Waals surface area contributed by atoms with Crippen LogP contribution in [0.1, 0.15) is 22.3 Å². The van der Waals surface area contributed by atoms with Crippen LogP contribution in [0.5, 0.6) is 0 Å². The molecule has 4 aliphatic carbocycles. The third kappa shape index (κ3) is 1.12. The van der Waals surface area contributed by atoms with E-state index in [2.05, 4.69) is 11.9 Å². The van der Waals surface area contributed by atoms with E-state index in [1.807, 2.05) is 0 Å². The number of carbonyl (C=O) groups excluding carboxylic acids is 1. The van der Waals surface area contributed by atoms with Gasteiger partial charge in [0.2, 0.25) is 0 Å². The first-order chi connectivity index (χ1) is 32.3. The number of nitrogens with zero attached hydrogens (tertiary/aromatic N) is 1. The monoisotopic (exact) mass is 793 g/mol. The van der Waals surface area contributed by atoms with Gasteiger partial charge in [0.25, 0.3) is 0 Å². The van der Waals surface area contributed by atoms with Crippen LogP contribution >= 0.6 is 0 Å². The molecule has 1 saturated heterocycles. The lowest BCUT2D eigenvalue weighted by atomic mass is 9.59. The van der Waals surface area contributed by atoms with Gasteiger partial charge < -0.3 is 4.74 Å². The van der Waals surface area contributed by atoms with Crippen LogP contribution in [0.25, 0.3) is 291 Å². The smallest absolute Gasteiger partial charge is 0.412 e. The van der Waals surface area contributed by atoms with Crippen molar-refractivity contribution in [1.82, 2.24) is 4.90 Å². The first-order valence-corrected chi connectivity index (χ1v) is 24.0. The van der Waals surface area contributed by atoms with Crippen LogP contribution in [0.15, 0.2) is 0 Å². The molecule has 2 spiro atoms. The third-order valence-corrected chi connectivity index (χ3v) is 24.2. The minimum absolute atomic E-state index is 0.153. The third-order valence-electron chi connectivity index (χ3n) is 24.2. The number of carbonyl (C=O) groups is 1. The van der Waals surface area contributed by atoms with Crippen LogP contribution in [0.2, 0.25) is 0 Å². The second kappa shape index (κ2) is 4.89. The van der Waals surface area contributed by atoms with Gasteiger partial charge in [0.1, 0.15) is 5.54 Å². The number of amides is 1. The van der Waals surface area contributed by atoms with E-state index in [0.29, 0.717) is 0 Å². The Morgan fingerprint density at radius 3 is 0.538 bits per heavy atom. The molecule has 1 heterocycles. The number of hydrogen-bond acceptors (Lipinski definition) is 2. The van der Waals surface area contributed by atoms with E-state index < -0.39 is 11.1 Å². The van der Waals surface area contributed by atoms with Crippen LogP contribution in [-0.4, -0.2) is 18.0 Å². The van der Waals surface area contributed by atoms with E-state index in [1.165, 1.54) is 108 Å². The fourth-order valence-electron chi connectivity index (χ4n) is 24.2. The SMILES string of the molecule is CN1C(=O)OC23c4c5c6c7c8c9c(c%10c%11c2c2c4c4c%12c5c5c6c6c8c8c%13c9c9c%10c%10c%11c%11c2c2c4c4c%12c%12c5c5c6c8c6c8c%13c9c9c%10c%10c%11c2c2c4c4c%12c5c6c5c8c9c%10c2c45)C713. The van der Waals surface area contributed by atoms with Gasteiger partial charge >= 0.3 is 6.09 Å². The van der Waals surface area contributed by atoms with Crippen LogP contribution in [0, 0.1) is 0 Å². The van der Waals surface area contributed by atoms with E-state index >= 15 is 4.79 Å². The molecular weight excluding hydrogens is 791 g/mol. The van der Waals surface area contributed by atoms with Gasteiger partial charge in [-0.2, -0.15) is 0 Å². The summed E-state index contributed by atoms with van der Waals surface area (Å²) in [6.45, 7) is 0. The molecular formula is C62H3NO2. The molecule has 1 aliphatic heterocycles. The Labute approximate surface area is 350 Å². The lowest BCUT2D eigenvalue weighted by molar-refractivity contribution is 0.0446. The second-order valence-corrected chi connectivity index (χ2v) is 24.1. The highest BCUT2D eigenvalue weighted by Gasteiger charge is 2.77. The van der Waals surface area contributed by atoms with Crippen molar-refractivity contribution in [3.8, 4) is 0 Å². The van der Waals surface area contributed by atoms with Gasteiger partial charge in [-0.15, -0.1) is 0 Å². The molecule has 3 nitrogen and oxygen atoms in total. The number of likely N-dealkylation sites (N-methyl/N-ethyl adjacent to an activating group) is 1. The first-order valence-electron chi connectivity index (χ1n) is 24.0. The zero-order chi connectivity index (χ0) is 38.3. The highest BCUT2D eigenvalue weighted by Crippen LogP contribution is 2.85. The average molecular weight is 794 g/mol. The quantitative estimate of drug-likeness (QED) is 0.143. The number of hydrogen-bond donors (Lipinski definition) is 0. The van der Waals surface area contributed by atoms with Crippen molar-refractivity contribution in [1.29, 1.82) is 0 Å². The molecule has 268 valence electrons. The van der Waals surface area contributed by atoms with E-state index in [0.717, 1.165) is 0 Å². The van der Waals surface area contributed by atoms with Crippen molar-refractivity contribution in [3.63, 3.8) is 0 Å². The Morgan fingerprint density at radius 2 is 0.369 bits per heavy atom. The van der Waals surface area contributed by atoms with Crippen molar-refractivity contribution in [3.05, 3.63) is 22.3 Å². The van der Waals surface area contributed by atoms with Crippen molar-refractivity contribution in [2.45, 2.75) is 11.1 Å². The van der Waals surface area contributed by atoms with Crippen LogP contribution in [0.4, 0.5) is 4.79 Å². The maximum atomic E-state index is 15.6. The highest BCUT2D eigenvalue weighted by atomic mass is 16.6. The number of benzene rings is 18.